The third-order valence-electron chi connectivity index (χ3n) is 6.95. The Bertz CT molecular complexity index is 1880. The lowest BCUT2D eigenvalue weighted by Crippen LogP contribution is -2.29. The highest BCUT2D eigenvalue weighted by Gasteiger charge is 2.34. The van der Waals surface area contributed by atoms with E-state index in [4.69, 9.17) is 23.2 Å². The highest BCUT2D eigenvalue weighted by atomic mass is 79.9. The van der Waals surface area contributed by atoms with E-state index in [0.717, 1.165) is 32.4 Å². The predicted octanol–water partition coefficient (Wildman–Crippen LogP) is 10.5. The van der Waals surface area contributed by atoms with Crippen molar-refractivity contribution >= 4 is 82.7 Å². The Kier molecular flexibility index (Phi) is 8.25. The standard InChI is InChI=1S/C33H29BrCl2N2O3S/c1-20-9-15-24(16-10-20)42(40,41)38(23-17-28(35)32(39)29(36)18-23)31-26-8-6-5-7-25(26)30(19-27(31)33(2,3)4)37-22-13-11-21(34)12-14-22/h5-19,37,39H,1-4H3. The van der Waals surface area contributed by atoms with E-state index in [1.165, 1.54) is 16.4 Å². The number of fused-ring (bicyclic) bond motifs is 1. The van der Waals surface area contributed by atoms with Gasteiger partial charge in [0.2, 0.25) is 0 Å². The van der Waals surface area contributed by atoms with Crippen LogP contribution in [0.15, 0.2) is 100 Å². The van der Waals surface area contributed by atoms with E-state index in [1.54, 1.807) is 24.3 Å². The van der Waals surface area contributed by atoms with Crippen molar-refractivity contribution in [2.45, 2.75) is 38.0 Å². The SMILES string of the molecule is Cc1ccc(S(=O)(=O)N(c2cc(Cl)c(O)c(Cl)c2)c2c(C(C)(C)C)cc(Nc3ccc(Br)cc3)c3ccccc23)cc1. The maximum Gasteiger partial charge on any atom is 0.268 e. The molecule has 5 nitrogen and oxygen atoms in total. The molecule has 0 bridgehead atoms. The fourth-order valence-electron chi connectivity index (χ4n) is 4.82. The molecule has 5 aromatic rings. The Labute approximate surface area is 264 Å². The fourth-order valence-corrected chi connectivity index (χ4v) is 7.07. The largest absolute Gasteiger partial charge is 0.505 e. The second kappa shape index (κ2) is 11.5. The van der Waals surface area contributed by atoms with E-state index in [1.807, 2.05) is 82.3 Å². The third-order valence-corrected chi connectivity index (χ3v) is 9.79. The second-order valence-corrected chi connectivity index (χ2v) is 14.6. The number of aryl methyl sites for hydroxylation is 1. The molecule has 0 fully saturated rings. The van der Waals surface area contributed by atoms with E-state index in [-0.39, 0.29) is 26.4 Å². The first kappa shape index (κ1) is 30.2. The summed E-state index contributed by atoms with van der Waals surface area (Å²) in [6, 6.07) is 27.1. The summed E-state index contributed by atoms with van der Waals surface area (Å²) < 4.78 is 31.5. The van der Waals surface area contributed by atoms with E-state index in [2.05, 4.69) is 21.2 Å². The lowest BCUT2D eigenvalue weighted by molar-refractivity contribution is 0.476. The minimum atomic E-state index is -4.21. The maximum atomic E-state index is 14.6. The van der Waals surface area contributed by atoms with Crippen LogP contribution in [-0.4, -0.2) is 13.5 Å². The highest BCUT2D eigenvalue weighted by molar-refractivity contribution is 9.10. The summed E-state index contributed by atoms with van der Waals surface area (Å²) in [5.74, 6) is -0.315. The first-order valence-corrected chi connectivity index (χ1v) is 16.1. The number of phenolic OH excluding ortho intramolecular Hbond substituents is 1. The molecule has 0 aliphatic rings. The predicted molar refractivity (Wildman–Crippen MR) is 179 cm³/mol. The van der Waals surface area contributed by atoms with Gasteiger partial charge in [0, 0.05) is 26.6 Å². The van der Waals surface area contributed by atoms with Gasteiger partial charge in [-0.1, -0.05) is 102 Å². The molecule has 0 radical (unpaired) electrons. The van der Waals surface area contributed by atoms with E-state index >= 15 is 0 Å². The van der Waals surface area contributed by atoms with Crippen molar-refractivity contribution < 1.29 is 13.5 Å². The van der Waals surface area contributed by atoms with Crippen LogP contribution in [0.1, 0.15) is 31.9 Å². The lowest BCUT2D eigenvalue weighted by Gasteiger charge is -2.33. The molecule has 5 aromatic carbocycles. The van der Waals surface area contributed by atoms with Crippen LogP contribution in [0.25, 0.3) is 10.8 Å². The number of anilines is 4. The molecule has 0 unspecified atom stereocenters. The summed E-state index contributed by atoms with van der Waals surface area (Å²) in [6.45, 7) is 8.02. The minimum Gasteiger partial charge on any atom is -0.505 e. The van der Waals surface area contributed by atoms with Gasteiger partial charge in [-0.3, -0.25) is 0 Å². The molecule has 0 heterocycles. The Hall–Kier alpha value is -3.23. The number of hydrogen-bond donors (Lipinski definition) is 2. The molecule has 0 aromatic heterocycles. The van der Waals surface area contributed by atoms with Crippen LogP contribution in [0.2, 0.25) is 10.0 Å². The highest BCUT2D eigenvalue weighted by Crippen LogP contribution is 2.48. The number of rotatable bonds is 6. The molecule has 0 atom stereocenters. The maximum absolute atomic E-state index is 14.6. The quantitative estimate of drug-likeness (QED) is 0.187. The molecule has 42 heavy (non-hydrogen) atoms. The van der Waals surface area contributed by atoms with E-state index in [9.17, 15) is 13.5 Å². The van der Waals surface area contributed by atoms with Gasteiger partial charge in [0.25, 0.3) is 10.0 Å². The van der Waals surface area contributed by atoms with Gasteiger partial charge in [0.1, 0.15) is 0 Å². The summed E-state index contributed by atoms with van der Waals surface area (Å²) in [6.07, 6.45) is 0. The van der Waals surface area contributed by atoms with Gasteiger partial charge in [0.05, 0.1) is 26.3 Å². The molecule has 216 valence electrons. The Morgan fingerprint density at radius 1 is 0.833 bits per heavy atom. The summed E-state index contributed by atoms with van der Waals surface area (Å²) in [5.41, 5.74) is 3.59. The number of nitrogens with one attached hydrogen (secondary N) is 1. The van der Waals surface area contributed by atoms with Crippen LogP contribution in [0.5, 0.6) is 5.75 Å². The van der Waals surface area contributed by atoms with Crippen molar-refractivity contribution in [2.24, 2.45) is 0 Å². The number of nitrogens with zero attached hydrogens (tertiary/aromatic N) is 1. The zero-order valence-electron chi connectivity index (χ0n) is 23.4. The molecular formula is C33H29BrCl2N2O3S. The number of hydrogen-bond acceptors (Lipinski definition) is 4. The van der Waals surface area contributed by atoms with Crippen molar-refractivity contribution in [3.05, 3.63) is 117 Å². The lowest BCUT2D eigenvalue weighted by atomic mass is 9.83. The van der Waals surface area contributed by atoms with Crippen molar-refractivity contribution in [3.8, 4) is 5.75 Å². The molecule has 0 saturated heterocycles. The van der Waals surface area contributed by atoms with Crippen LogP contribution in [0.4, 0.5) is 22.7 Å². The Balaban J connectivity index is 1.88. The summed E-state index contributed by atoms with van der Waals surface area (Å²) in [7, 11) is -4.21. The van der Waals surface area contributed by atoms with E-state index < -0.39 is 15.4 Å². The molecule has 0 amide bonds. The van der Waals surface area contributed by atoms with Crippen LogP contribution in [0, 0.1) is 6.92 Å². The van der Waals surface area contributed by atoms with Gasteiger partial charge in [-0.25, -0.2) is 12.7 Å². The molecule has 0 aliphatic carbocycles. The Morgan fingerprint density at radius 2 is 1.40 bits per heavy atom. The minimum absolute atomic E-state index is 0.0586. The normalized spacial score (nSPS) is 12.0. The third kappa shape index (κ3) is 5.84. The molecule has 0 spiro atoms. The summed E-state index contributed by atoms with van der Waals surface area (Å²) in [4.78, 5) is 0.106. The second-order valence-electron chi connectivity index (χ2n) is 11.1. The van der Waals surface area contributed by atoms with Crippen molar-refractivity contribution in [1.29, 1.82) is 0 Å². The molecule has 9 heteroatoms. The van der Waals surface area contributed by atoms with Crippen molar-refractivity contribution in [3.63, 3.8) is 0 Å². The van der Waals surface area contributed by atoms with Crippen LogP contribution < -0.4 is 9.62 Å². The number of phenols is 1. The van der Waals surface area contributed by atoms with E-state index in [0.29, 0.717) is 11.1 Å². The fraction of sp³-hybridized carbons (Fsp3) is 0.152. The van der Waals surface area contributed by atoms with Crippen molar-refractivity contribution in [1.82, 2.24) is 0 Å². The van der Waals surface area contributed by atoms with Crippen molar-refractivity contribution in [2.75, 3.05) is 9.62 Å². The molecule has 0 aliphatic heterocycles. The smallest absolute Gasteiger partial charge is 0.268 e. The van der Waals surface area contributed by atoms with Gasteiger partial charge in [-0.15, -0.1) is 0 Å². The van der Waals surface area contributed by atoms with Gasteiger partial charge in [-0.05, 0) is 72.5 Å². The number of sulfonamides is 1. The van der Waals surface area contributed by atoms with Gasteiger partial charge in [0.15, 0.2) is 5.75 Å². The van der Waals surface area contributed by atoms with Crippen LogP contribution in [-0.2, 0) is 15.4 Å². The summed E-state index contributed by atoms with van der Waals surface area (Å²) >= 11 is 16.2. The monoisotopic (exact) mass is 682 g/mol. The molecule has 5 rings (SSSR count). The zero-order valence-corrected chi connectivity index (χ0v) is 27.3. The molecular weight excluding hydrogens is 655 g/mol. The van der Waals surface area contributed by atoms with Crippen LogP contribution >= 0.6 is 39.1 Å². The number of benzene rings is 5. The number of halogens is 3. The topological polar surface area (TPSA) is 69.6 Å². The molecule has 0 saturated carbocycles. The van der Waals surface area contributed by atoms with Gasteiger partial charge >= 0.3 is 0 Å². The zero-order chi connectivity index (χ0) is 30.4. The average Bonchev–Trinajstić information content (AvgIpc) is 2.93. The van der Waals surface area contributed by atoms with Gasteiger partial charge in [-0.2, -0.15) is 0 Å². The summed E-state index contributed by atoms with van der Waals surface area (Å²) in [5, 5.41) is 15.3. The van der Waals surface area contributed by atoms with Gasteiger partial charge < -0.3 is 10.4 Å². The first-order chi connectivity index (χ1) is 19.8. The molecule has 2 N–H and O–H groups in total. The first-order valence-electron chi connectivity index (χ1n) is 13.2. The number of aromatic hydroxyl groups is 1. The average molecular weight is 684 g/mol. The Morgan fingerprint density at radius 3 is 1.98 bits per heavy atom. The van der Waals surface area contributed by atoms with Crippen LogP contribution in [0.3, 0.4) is 0 Å².